The molecule has 51 heavy (non-hydrogen) atoms. The molecule has 0 saturated heterocycles. The lowest BCUT2D eigenvalue weighted by atomic mass is 9.82. The standard InChI is InChI=1S/C48H35NO2/c1-47(2)37-15-8-5-12-30(37)32-22-20-29(25-39(32)47)49(28-21-23-43-35(24-28)33-14-7-10-18-42(33)50-43)41-17-11-19-44-46(41)36-26-34-31-13-6-9-16-38(31)48(3,4)40(34)27-45(36)51-44/h5-27H,1-4H3. The van der Waals surface area contributed by atoms with Crippen LogP contribution < -0.4 is 4.90 Å². The average Bonchev–Trinajstić information content (AvgIpc) is 3.84. The lowest BCUT2D eigenvalue weighted by Gasteiger charge is -2.28. The normalized spacial score (nSPS) is 15.0. The van der Waals surface area contributed by atoms with Crippen LogP contribution in [-0.2, 0) is 10.8 Å². The number of furan rings is 2. The molecule has 11 rings (SSSR count). The second kappa shape index (κ2) is 9.80. The lowest BCUT2D eigenvalue weighted by molar-refractivity contribution is 0.647. The fourth-order valence-corrected chi connectivity index (χ4v) is 9.30. The Hall–Kier alpha value is -6.06. The van der Waals surface area contributed by atoms with Gasteiger partial charge in [-0.05, 0) is 105 Å². The average molecular weight is 658 g/mol. The van der Waals surface area contributed by atoms with E-state index in [1.54, 1.807) is 0 Å². The van der Waals surface area contributed by atoms with Gasteiger partial charge in [-0.2, -0.15) is 0 Å². The van der Waals surface area contributed by atoms with Gasteiger partial charge in [0.05, 0.1) is 11.1 Å². The number of hydrogen-bond donors (Lipinski definition) is 0. The summed E-state index contributed by atoms with van der Waals surface area (Å²) in [5.74, 6) is 0. The molecular weight excluding hydrogens is 623 g/mol. The Morgan fingerprint density at radius 3 is 1.78 bits per heavy atom. The summed E-state index contributed by atoms with van der Waals surface area (Å²) >= 11 is 0. The third kappa shape index (κ3) is 3.78. The van der Waals surface area contributed by atoms with Gasteiger partial charge in [0.25, 0.3) is 0 Å². The van der Waals surface area contributed by atoms with E-state index in [1.165, 1.54) is 44.5 Å². The molecule has 2 aromatic heterocycles. The predicted molar refractivity (Wildman–Crippen MR) is 211 cm³/mol. The molecule has 3 heteroatoms. The Bertz CT molecular complexity index is 2940. The summed E-state index contributed by atoms with van der Waals surface area (Å²) in [4.78, 5) is 2.42. The Morgan fingerprint density at radius 2 is 0.980 bits per heavy atom. The molecule has 2 aliphatic rings. The molecule has 244 valence electrons. The summed E-state index contributed by atoms with van der Waals surface area (Å²) in [5, 5.41) is 4.45. The second-order valence-corrected chi connectivity index (χ2v) is 15.3. The first-order valence-corrected chi connectivity index (χ1v) is 17.8. The van der Waals surface area contributed by atoms with Gasteiger partial charge in [-0.1, -0.05) is 107 Å². The smallest absolute Gasteiger partial charge is 0.137 e. The van der Waals surface area contributed by atoms with E-state index in [-0.39, 0.29) is 10.8 Å². The highest BCUT2D eigenvalue weighted by molar-refractivity contribution is 6.15. The van der Waals surface area contributed by atoms with E-state index in [1.807, 2.05) is 12.1 Å². The van der Waals surface area contributed by atoms with Crippen molar-refractivity contribution in [1.29, 1.82) is 0 Å². The lowest BCUT2D eigenvalue weighted by Crippen LogP contribution is -2.16. The quantitative estimate of drug-likeness (QED) is 0.189. The first-order valence-electron chi connectivity index (χ1n) is 17.8. The SMILES string of the molecule is CC1(C)c2ccccc2-c2ccc(N(c3ccc4oc5ccccc5c4c3)c3cccc4oc5cc6c(cc5c34)-c3ccccc3C6(C)C)cc21. The molecule has 0 unspecified atom stereocenters. The highest BCUT2D eigenvalue weighted by Gasteiger charge is 2.38. The molecule has 2 aliphatic carbocycles. The molecule has 0 fully saturated rings. The van der Waals surface area contributed by atoms with Crippen LogP contribution in [0.5, 0.6) is 0 Å². The van der Waals surface area contributed by atoms with Crippen LogP contribution in [0, 0.1) is 0 Å². The van der Waals surface area contributed by atoms with Gasteiger partial charge in [0.15, 0.2) is 0 Å². The maximum absolute atomic E-state index is 6.76. The minimum Gasteiger partial charge on any atom is -0.456 e. The van der Waals surface area contributed by atoms with Crippen molar-refractivity contribution < 1.29 is 8.83 Å². The van der Waals surface area contributed by atoms with Crippen molar-refractivity contribution in [2.45, 2.75) is 38.5 Å². The number of hydrogen-bond acceptors (Lipinski definition) is 3. The second-order valence-electron chi connectivity index (χ2n) is 15.3. The topological polar surface area (TPSA) is 29.5 Å². The van der Waals surface area contributed by atoms with Crippen molar-refractivity contribution in [3.63, 3.8) is 0 Å². The first kappa shape index (κ1) is 28.7. The Morgan fingerprint density at radius 1 is 0.392 bits per heavy atom. The molecule has 0 radical (unpaired) electrons. The van der Waals surface area contributed by atoms with E-state index in [0.717, 1.165) is 60.9 Å². The van der Waals surface area contributed by atoms with E-state index in [9.17, 15) is 0 Å². The Labute approximate surface area is 296 Å². The fraction of sp³-hybridized carbons (Fsp3) is 0.125. The van der Waals surface area contributed by atoms with E-state index in [2.05, 4.69) is 160 Å². The van der Waals surface area contributed by atoms with Crippen LogP contribution in [0.25, 0.3) is 66.1 Å². The fourth-order valence-electron chi connectivity index (χ4n) is 9.30. The Balaban J connectivity index is 1.20. The zero-order chi connectivity index (χ0) is 34.2. The summed E-state index contributed by atoms with van der Waals surface area (Å²) in [6.07, 6.45) is 0. The number of para-hydroxylation sites is 1. The molecule has 0 spiro atoms. The highest BCUT2D eigenvalue weighted by atomic mass is 16.3. The van der Waals surface area contributed by atoms with Crippen LogP contribution in [0.2, 0.25) is 0 Å². The number of nitrogens with zero attached hydrogens (tertiary/aromatic N) is 1. The monoisotopic (exact) mass is 657 g/mol. The molecule has 0 amide bonds. The van der Waals surface area contributed by atoms with Gasteiger partial charge >= 0.3 is 0 Å². The molecule has 9 aromatic rings. The van der Waals surface area contributed by atoms with Gasteiger partial charge in [0.1, 0.15) is 22.3 Å². The predicted octanol–water partition coefficient (Wildman–Crippen LogP) is 13.6. The third-order valence-electron chi connectivity index (χ3n) is 11.9. The summed E-state index contributed by atoms with van der Waals surface area (Å²) in [5.41, 5.74) is 17.2. The minimum absolute atomic E-state index is 0.106. The minimum atomic E-state index is -0.132. The maximum Gasteiger partial charge on any atom is 0.137 e. The molecular formula is C48H35NO2. The van der Waals surface area contributed by atoms with Gasteiger partial charge in [-0.15, -0.1) is 0 Å². The van der Waals surface area contributed by atoms with Gasteiger partial charge in [0, 0.05) is 38.4 Å². The highest BCUT2D eigenvalue weighted by Crippen LogP contribution is 2.54. The van der Waals surface area contributed by atoms with Gasteiger partial charge < -0.3 is 13.7 Å². The molecule has 0 N–H and O–H groups in total. The number of rotatable bonds is 3. The van der Waals surface area contributed by atoms with Crippen LogP contribution in [0.3, 0.4) is 0 Å². The molecule has 0 atom stereocenters. The number of fused-ring (bicyclic) bond motifs is 12. The molecule has 3 nitrogen and oxygen atoms in total. The zero-order valence-electron chi connectivity index (χ0n) is 29.0. The molecule has 0 saturated carbocycles. The van der Waals surface area contributed by atoms with E-state index >= 15 is 0 Å². The van der Waals surface area contributed by atoms with Gasteiger partial charge in [-0.3, -0.25) is 0 Å². The first-order chi connectivity index (χ1) is 24.8. The van der Waals surface area contributed by atoms with Crippen molar-refractivity contribution in [2.75, 3.05) is 4.90 Å². The summed E-state index contributed by atoms with van der Waals surface area (Å²) in [6.45, 7) is 9.34. The molecule has 7 aromatic carbocycles. The summed E-state index contributed by atoms with van der Waals surface area (Å²) in [6, 6.07) is 50.7. The van der Waals surface area contributed by atoms with Crippen LogP contribution in [0.1, 0.15) is 49.9 Å². The number of anilines is 3. The molecule has 0 aliphatic heterocycles. The third-order valence-corrected chi connectivity index (χ3v) is 11.9. The van der Waals surface area contributed by atoms with Gasteiger partial charge in [-0.25, -0.2) is 0 Å². The van der Waals surface area contributed by atoms with E-state index in [4.69, 9.17) is 8.83 Å². The van der Waals surface area contributed by atoms with E-state index in [0.29, 0.717) is 0 Å². The van der Waals surface area contributed by atoms with E-state index < -0.39 is 0 Å². The van der Waals surface area contributed by atoms with Crippen molar-refractivity contribution in [3.8, 4) is 22.3 Å². The van der Waals surface area contributed by atoms with Crippen LogP contribution in [0.15, 0.2) is 148 Å². The van der Waals surface area contributed by atoms with Crippen molar-refractivity contribution in [1.82, 2.24) is 0 Å². The van der Waals surface area contributed by atoms with Crippen LogP contribution >= 0.6 is 0 Å². The van der Waals surface area contributed by atoms with Gasteiger partial charge in [0.2, 0.25) is 0 Å². The van der Waals surface area contributed by atoms with Crippen molar-refractivity contribution >= 4 is 60.9 Å². The Kier molecular flexibility index (Phi) is 5.52. The number of benzene rings is 7. The van der Waals surface area contributed by atoms with Crippen LogP contribution in [-0.4, -0.2) is 0 Å². The summed E-state index contributed by atoms with van der Waals surface area (Å²) < 4.78 is 13.0. The largest absolute Gasteiger partial charge is 0.456 e. The summed E-state index contributed by atoms with van der Waals surface area (Å²) in [7, 11) is 0. The van der Waals surface area contributed by atoms with Crippen molar-refractivity contribution in [2.24, 2.45) is 0 Å². The molecule has 0 bridgehead atoms. The zero-order valence-corrected chi connectivity index (χ0v) is 29.0. The van der Waals surface area contributed by atoms with Crippen LogP contribution in [0.4, 0.5) is 17.1 Å². The molecule has 2 heterocycles. The van der Waals surface area contributed by atoms with Crippen molar-refractivity contribution in [3.05, 3.63) is 162 Å². The maximum atomic E-state index is 6.76.